The SMILES string of the molecule is Cc1csc(N2CCCN(C(=O)[C@H]3C[C@H]4CC[C@H]3C4)CC2)n1. The molecule has 2 bridgehead atoms. The third kappa shape index (κ3) is 2.64. The lowest BCUT2D eigenvalue weighted by molar-refractivity contribution is -0.137. The van der Waals surface area contributed by atoms with Crippen LogP contribution in [0.15, 0.2) is 5.38 Å². The predicted octanol–water partition coefficient (Wildman–Crippen LogP) is 2.93. The Labute approximate surface area is 136 Å². The largest absolute Gasteiger partial charge is 0.346 e. The first-order chi connectivity index (χ1) is 10.7. The summed E-state index contributed by atoms with van der Waals surface area (Å²) in [5, 5.41) is 3.23. The van der Waals surface area contributed by atoms with Crippen LogP contribution in [0.2, 0.25) is 0 Å². The number of aryl methyl sites for hydroxylation is 1. The van der Waals surface area contributed by atoms with Crippen molar-refractivity contribution in [2.75, 3.05) is 31.1 Å². The fourth-order valence-corrected chi connectivity index (χ4v) is 5.45. The Kier molecular flexibility index (Phi) is 3.84. The smallest absolute Gasteiger partial charge is 0.226 e. The number of hydrogen-bond acceptors (Lipinski definition) is 4. The second-order valence-electron chi connectivity index (χ2n) is 7.22. The van der Waals surface area contributed by atoms with Gasteiger partial charge in [-0.2, -0.15) is 0 Å². The quantitative estimate of drug-likeness (QED) is 0.841. The zero-order valence-electron chi connectivity index (χ0n) is 13.3. The van der Waals surface area contributed by atoms with Gasteiger partial charge < -0.3 is 9.80 Å². The summed E-state index contributed by atoms with van der Waals surface area (Å²) in [5.74, 6) is 2.33. The zero-order chi connectivity index (χ0) is 15.1. The Balaban J connectivity index is 1.39. The van der Waals surface area contributed by atoms with Crippen molar-refractivity contribution < 1.29 is 4.79 Å². The molecule has 1 aromatic heterocycles. The molecule has 2 heterocycles. The van der Waals surface area contributed by atoms with Crippen molar-refractivity contribution in [2.24, 2.45) is 17.8 Å². The molecule has 2 saturated carbocycles. The van der Waals surface area contributed by atoms with Crippen molar-refractivity contribution in [1.82, 2.24) is 9.88 Å². The van der Waals surface area contributed by atoms with Crippen molar-refractivity contribution in [3.05, 3.63) is 11.1 Å². The van der Waals surface area contributed by atoms with Gasteiger partial charge in [0.15, 0.2) is 5.13 Å². The molecule has 1 aliphatic heterocycles. The Morgan fingerprint density at radius 1 is 1.23 bits per heavy atom. The molecule has 3 fully saturated rings. The van der Waals surface area contributed by atoms with E-state index in [2.05, 4.69) is 20.2 Å². The van der Waals surface area contributed by atoms with E-state index in [-0.39, 0.29) is 0 Å². The van der Waals surface area contributed by atoms with E-state index >= 15 is 0 Å². The molecule has 3 atom stereocenters. The van der Waals surface area contributed by atoms with Crippen LogP contribution in [0.1, 0.15) is 37.8 Å². The molecule has 0 unspecified atom stereocenters. The van der Waals surface area contributed by atoms with Crippen molar-refractivity contribution in [3.63, 3.8) is 0 Å². The van der Waals surface area contributed by atoms with Gasteiger partial charge in [-0.3, -0.25) is 4.79 Å². The molecule has 1 saturated heterocycles. The van der Waals surface area contributed by atoms with Gasteiger partial charge in [-0.1, -0.05) is 6.42 Å². The number of nitrogens with zero attached hydrogens (tertiary/aromatic N) is 3. The minimum atomic E-state index is 0.340. The average Bonchev–Trinajstić information content (AvgIpc) is 3.20. The van der Waals surface area contributed by atoms with Crippen LogP contribution < -0.4 is 4.90 Å². The summed E-state index contributed by atoms with van der Waals surface area (Å²) in [6, 6.07) is 0. The minimum Gasteiger partial charge on any atom is -0.346 e. The number of rotatable bonds is 2. The summed E-state index contributed by atoms with van der Waals surface area (Å²) in [7, 11) is 0. The lowest BCUT2D eigenvalue weighted by Crippen LogP contribution is -2.40. The number of carbonyl (C=O) groups is 1. The standard InChI is InChI=1S/C17H25N3OS/c1-12-11-22-17(18-12)20-6-2-5-19(7-8-20)16(21)15-10-13-3-4-14(15)9-13/h11,13-15H,2-10H2,1H3/t13-,14-,15-/m0/s1. The van der Waals surface area contributed by atoms with Crippen LogP contribution >= 0.6 is 11.3 Å². The number of fused-ring (bicyclic) bond motifs is 2. The van der Waals surface area contributed by atoms with E-state index in [0.717, 1.165) is 55.8 Å². The first-order valence-corrected chi connectivity index (χ1v) is 9.54. The van der Waals surface area contributed by atoms with Gasteiger partial charge >= 0.3 is 0 Å². The Hall–Kier alpha value is -1.10. The molecule has 0 N–H and O–H groups in total. The molecule has 4 rings (SSSR count). The van der Waals surface area contributed by atoms with Gasteiger partial charge in [0.05, 0.1) is 5.69 Å². The van der Waals surface area contributed by atoms with Gasteiger partial charge in [0, 0.05) is 37.5 Å². The monoisotopic (exact) mass is 319 g/mol. The molecule has 2 aliphatic carbocycles. The van der Waals surface area contributed by atoms with E-state index in [1.165, 1.54) is 19.3 Å². The maximum absolute atomic E-state index is 12.9. The zero-order valence-corrected chi connectivity index (χ0v) is 14.1. The highest BCUT2D eigenvalue weighted by atomic mass is 32.1. The molecule has 22 heavy (non-hydrogen) atoms. The van der Waals surface area contributed by atoms with E-state index in [1.54, 1.807) is 11.3 Å². The summed E-state index contributed by atoms with van der Waals surface area (Å²) in [6.45, 7) is 5.79. The van der Waals surface area contributed by atoms with Crippen LogP contribution in [0.3, 0.4) is 0 Å². The normalized spacial score (nSPS) is 31.6. The first kappa shape index (κ1) is 14.5. The van der Waals surface area contributed by atoms with Crippen LogP contribution in [0, 0.1) is 24.7 Å². The van der Waals surface area contributed by atoms with Crippen LogP contribution in [-0.2, 0) is 4.79 Å². The first-order valence-electron chi connectivity index (χ1n) is 8.66. The van der Waals surface area contributed by atoms with Gasteiger partial charge in [0.25, 0.3) is 0 Å². The molecule has 0 radical (unpaired) electrons. The van der Waals surface area contributed by atoms with Gasteiger partial charge in [0.2, 0.25) is 5.91 Å². The molecule has 120 valence electrons. The van der Waals surface area contributed by atoms with E-state index in [0.29, 0.717) is 17.7 Å². The van der Waals surface area contributed by atoms with Gasteiger partial charge in [-0.15, -0.1) is 11.3 Å². The van der Waals surface area contributed by atoms with Crippen LogP contribution in [0.4, 0.5) is 5.13 Å². The molecule has 0 aromatic carbocycles. The third-order valence-electron chi connectivity index (χ3n) is 5.74. The van der Waals surface area contributed by atoms with Crippen LogP contribution in [0.5, 0.6) is 0 Å². The predicted molar refractivity (Wildman–Crippen MR) is 89.2 cm³/mol. The molecule has 1 aromatic rings. The summed E-state index contributed by atoms with van der Waals surface area (Å²) in [5.41, 5.74) is 1.10. The van der Waals surface area contributed by atoms with Gasteiger partial charge in [-0.05, 0) is 44.4 Å². The van der Waals surface area contributed by atoms with E-state index in [9.17, 15) is 4.79 Å². The maximum Gasteiger partial charge on any atom is 0.226 e. The highest BCUT2D eigenvalue weighted by Gasteiger charge is 2.44. The summed E-state index contributed by atoms with van der Waals surface area (Å²) in [6.07, 6.45) is 6.19. The fraction of sp³-hybridized carbons (Fsp3) is 0.765. The fourth-order valence-electron chi connectivity index (χ4n) is 4.60. The highest BCUT2D eigenvalue weighted by Crippen LogP contribution is 2.48. The van der Waals surface area contributed by atoms with E-state index in [1.807, 2.05) is 6.92 Å². The topological polar surface area (TPSA) is 36.4 Å². The lowest BCUT2D eigenvalue weighted by Gasteiger charge is -2.28. The lowest BCUT2D eigenvalue weighted by atomic mass is 9.87. The van der Waals surface area contributed by atoms with Crippen LogP contribution in [-0.4, -0.2) is 42.0 Å². The number of hydrogen-bond donors (Lipinski definition) is 0. The second kappa shape index (κ2) is 5.84. The van der Waals surface area contributed by atoms with Crippen molar-refractivity contribution >= 4 is 22.4 Å². The van der Waals surface area contributed by atoms with Gasteiger partial charge in [-0.25, -0.2) is 4.98 Å². The number of anilines is 1. The third-order valence-corrected chi connectivity index (χ3v) is 6.76. The van der Waals surface area contributed by atoms with Gasteiger partial charge in [0.1, 0.15) is 0 Å². The van der Waals surface area contributed by atoms with Crippen molar-refractivity contribution in [2.45, 2.75) is 39.0 Å². The summed E-state index contributed by atoms with van der Waals surface area (Å²) >= 11 is 1.72. The Morgan fingerprint density at radius 2 is 2.14 bits per heavy atom. The molecular formula is C17H25N3OS. The molecule has 0 spiro atoms. The molecule has 4 nitrogen and oxygen atoms in total. The highest BCUT2D eigenvalue weighted by molar-refractivity contribution is 7.13. The molecule has 1 amide bonds. The Morgan fingerprint density at radius 3 is 2.82 bits per heavy atom. The number of aromatic nitrogens is 1. The molecular weight excluding hydrogens is 294 g/mol. The van der Waals surface area contributed by atoms with E-state index in [4.69, 9.17) is 0 Å². The number of carbonyl (C=O) groups excluding carboxylic acids is 1. The van der Waals surface area contributed by atoms with Crippen LogP contribution in [0.25, 0.3) is 0 Å². The molecule has 3 aliphatic rings. The number of thiazole rings is 1. The van der Waals surface area contributed by atoms with E-state index < -0.39 is 0 Å². The Bertz CT molecular complexity index is 558. The summed E-state index contributed by atoms with van der Waals surface area (Å²) in [4.78, 5) is 22.0. The molecule has 5 heteroatoms. The minimum absolute atomic E-state index is 0.340. The van der Waals surface area contributed by atoms with Crippen molar-refractivity contribution in [3.8, 4) is 0 Å². The summed E-state index contributed by atoms with van der Waals surface area (Å²) < 4.78 is 0. The number of amides is 1. The van der Waals surface area contributed by atoms with Crippen molar-refractivity contribution in [1.29, 1.82) is 0 Å². The maximum atomic E-state index is 12.9. The second-order valence-corrected chi connectivity index (χ2v) is 8.06. The average molecular weight is 319 g/mol.